The average Bonchev–Trinajstić information content (AvgIpc) is 2.84. The van der Waals surface area contributed by atoms with E-state index in [2.05, 4.69) is 27.6 Å². The maximum Gasteiger partial charge on any atom is 0.306 e. The second-order valence-electron chi connectivity index (χ2n) is 6.48. The van der Waals surface area contributed by atoms with Crippen LogP contribution in [0.25, 0.3) is 0 Å². The lowest BCUT2D eigenvalue weighted by atomic mass is 9.81. The molecular formula is C18H25N3O2. The lowest BCUT2D eigenvalue weighted by molar-refractivity contribution is -0.141. The Bertz CT molecular complexity index is 653. The zero-order chi connectivity index (χ0) is 17.0. The van der Waals surface area contributed by atoms with Gasteiger partial charge in [-0.3, -0.25) is 9.89 Å². The summed E-state index contributed by atoms with van der Waals surface area (Å²) in [5, 5.41) is 10.6. The fraction of sp³-hybridized carbons (Fsp3) is 0.444. The first-order valence-corrected chi connectivity index (χ1v) is 7.75. The van der Waals surface area contributed by atoms with E-state index in [9.17, 15) is 4.79 Å². The number of H-pyrrole nitrogens is 1. The molecule has 1 heterocycles. The molecule has 124 valence electrons. The van der Waals surface area contributed by atoms with E-state index in [1.807, 2.05) is 39.8 Å². The first kappa shape index (κ1) is 17.1. The van der Waals surface area contributed by atoms with Gasteiger partial charge in [0.1, 0.15) is 0 Å². The van der Waals surface area contributed by atoms with Crippen LogP contribution in [0.3, 0.4) is 0 Å². The third-order valence-electron chi connectivity index (χ3n) is 4.23. The highest BCUT2D eigenvalue weighted by Crippen LogP contribution is 2.28. The van der Waals surface area contributed by atoms with Crippen LogP contribution in [0, 0.1) is 13.8 Å². The summed E-state index contributed by atoms with van der Waals surface area (Å²) in [6, 6.07) is 8.19. The van der Waals surface area contributed by atoms with Gasteiger partial charge in [-0.15, -0.1) is 0 Å². The molecule has 0 aliphatic heterocycles. The van der Waals surface area contributed by atoms with Gasteiger partial charge >= 0.3 is 5.97 Å². The maximum atomic E-state index is 11.5. The Morgan fingerprint density at radius 3 is 2.43 bits per heavy atom. The smallest absolute Gasteiger partial charge is 0.306 e. The van der Waals surface area contributed by atoms with Gasteiger partial charge in [0.15, 0.2) is 0 Å². The quantitative estimate of drug-likeness (QED) is 0.801. The number of methoxy groups -OCH3 is 1. The van der Waals surface area contributed by atoms with Crippen molar-refractivity contribution in [2.24, 2.45) is 0 Å². The fourth-order valence-corrected chi connectivity index (χ4v) is 2.60. The number of rotatable bonds is 6. The summed E-state index contributed by atoms with van der Waals surface area (Å²) in [4.78, 5) is 11.5. The third-order valence-corrected chi connectivity index (χ3v) is 4.23. The Morgan fingerprint density at radius 1 is 1.26 bits per heavy atom. The summed E-state index contributed by atoms with van der Waals surface area (Å²) in [5.74, 6) is -0.192. The number of nitrogens with one attached hydrogen (secondary N) is 2. The van der Waals surface area contributed by atoms with Crippen molar-refractivity contribution >= 4 is 11.7 Å². The zero-order valence-corrected chi connectivity index (χ0v) is 14.5. The molecule has 5 heteroatoms. The van der Waals surface area contributed by atoms with Crippen LogP contribution in [0.2, 0.25) is 0 Å². The minimum atomic E-state index is -0.247. The van der Waals surface area contributed by atoms with Crippen LogP contribution >= 0.6 is 0 Å². The lowest BCUT2D eigenvalue weighted by Gasteiger charge is -2.24. The predicted molar refractivity (Wildman–Crippen MR) is 91.5 cm³/mol. The molecular weight excluding hydrogens is 290 g/mol. The van der Waals surface area contributed by atoms with Gasteiger partial charge in [-0.05, 0) is 31.5 Å². The summed E-state index contributed by atoms with van der Waals surface area (Å²) < 4.78 is 4.77. The molecule has 1 aromatic carbocycles. The van der Waals surface area contributed by atoms with Crippen LogP contribution < -0.4 is 5.32 Å². The van der Waals surface area contributed by atoms with Crippen LogP contribution in [0.4, 0.5) is 5.69 Å². The van der Waals surface area contributed by atoms with E-state index in [0.29, 0.717) is 6.42 Å². The molecule has 0 aliphatic carbocycles. The number of esters is 1. The normalized spacial score (nSPS) is 11.3. The molecule has 5 nitrogen and oxygen atoms in total. The van der Waals surface area contributed by atoms with E-state index in [1.54, 1.807) is 0 Å². The van der Waals surface area contributed by atoms with E-state index in [1.165, 1.54) is 12.7 Å². The van der Waals surface area contributed by atoms with Gasteiger partial charge in [0.05, 0.1) is 19.2 Å². The number of aromatic amines is 1. The number of benzene rings is 1. The Kier molecular flexibility index (Phi) is 5.08. The molecule has 0 amide bonds. The van der Waals surface area contributed by atoms with E-state index >= 15 is 0 Å². The molecule has 1 aromatic heterocycles. The summed E-state index contributed by atoms with van der Waals surface area (Å²) in [5.41, 5.74) is 5.21. The first-order valence-electron chi connectivity index (χ1n) is 7.75. The standard InChI is InChI=1S/C18H25N3O2/c1-12-16(13(2)21-20-12)11-19-15-8-6-14(7-9-15)18(3,4)10-17(22)23-5/h6-9,19H,10-11H2,1-5H3,(H,20,21). The molecule has 0 saturated heterocycles. The zero-order valence-electron chi connectivity index (χ0n) is 14.5. The summed E-state index contributed by atoms with van der Waals surface area (Å²) in [6.07, 6.45) is 0.365. The summed E-state index contributed by atoms with van der Waals surface area (Å²) >= 11 is 0. The monoisotopic (exact) mass is 315 g/mol. The van der Waals surface area contributed by atoms with Crippen molar-refractivity contribution in [1.82, 2.24) is 10.2 Å². The molecule has 2 N–H and O–H groups in total. The Balaban J connectivity index is 2.03. The largest absolute Gasteiger partial charge is 0.469 e. The number of hydrogen-bond donors (Lipinski definition) is 2. The van der Waals surface area contributed by atoms with E-state index in [4.69, 9.17) is 4.74 Å². The number of ether oxygens (including phenoxy) is 1. The number of anilines is 1. The molecule has 2 aromatic rings. The van der Waals surface area contributed by atoms with Crippen molar-refractivity contribution < 1.29 is 9.53 Å². The van der Waals surface area contributed by atoms with Crippen LogP contribution in [0.15, 0.2) is 24.3 Å². The maximum absolute atomic E-state index is 11.5. The molecule has 2 rings (SSSR count). The van der Waals surface area contributed by atoms with Crippen LogP contribution in [-0.4, -0.2) is 23.3 Å². The van der Waals surface area contributed by atoms with Gasteiger partial charge in [-0.25, -0.2) is 0 Å². The lowest BCUT2D eigenvalue weighted by Crippen LogP contribution is -2.22. The van der Waals surface area contributed by atoms with Crippen LogP contribution in [-0.2, 0) is 21.5 Å². The summed E-state index contributed by atoms with van der Waals surface area (Å²) in [7, 11) is 1.42. The molecule has 0 unspecified atom stereocenters. The first-order chi connectivity index (χ1) is 10.8. The highest BCUT2D eigenvalue weighted by molar-refractivity contribution is 5.71. The van der Waals surface area contributed by atoms with Gasteiger partial charge in [0.25, 0.3) is 0 Å². The van der Waals surface area contributed by atoms with E-state index in [-0.39, 0.29) is 11.4 Å². The highest BCUT2D eigenvalue weighted by atomic mass is 16.5. The van der Waals surface area contributed by atoms with E-state index in [0.717, 1.165) is 29.2 Å². The Morgan fingerprint density at radius 2 is 1.91 bits per heavy atom. The molecule has 0 saturated carbocycles. The molecule has 0 aliphatic rings. The van der Waals surface area contributed by atoms with Gasteiger partial charge in [0.2, 0.25) is 0 Å². The third kappa shape index (κ3) is 4.12. The molecule has 0 atom stereocenters. The van der Waals surface area contributed by atoms with Crippen molar-refractivity contribution in [3.05, 3.63) is 46.8 Å². The molecule has 23 heavy (non-hydrogen) atoms. The molecule has 0 bridgehead atoms. The van der Waals surface area contributed by atoms with Crippen molar-refractivity contribution in [1.29, 1.82) is 0 Å². The number of carbonyl (C=O) groups excluding carboxylic acids is 1. The number of carbonyl (C=O) groups is 1. The minimum absolute atomic E-state index is 0.192. The second kappa shape index (κ2) is 6.86. The van der Waals surface area contributed by atoms with Gasteiger partial charge < -0.3 is 10.1 Å². The second-order valence-corrected chi connectivity index (χ2v) is 6.48. The Hall–Kier alpha value is -2.30. The van der Waals surface area contributed by atoms with Gasteiger partial charge in [-0.1, -0.05) is 26.0 Å². The highest BCUT2D eigenvalue weighted by Gasteiger charge is 2.24. The van der Waals surface area contributed by atoms with Crippen molar-refractivity contribution in [3.63, 3.8) is 0 Å². The minimum Gasteiger partial charge on any atom is -0.469 e. The summed E-state index contributed by atoms with van der Waals surface area (Å²) in [6.45, 7) is 8.85. The SMILES string of the molecule is COC(=O)CC(C)(C)c1ccc(NCc2c(C)n[nH]c2C)cc1. The number of hydrogen-bond acceptors (Lipinski definition) is 4. The van der Waals surface area contributed by atoms with Gasteiger partial charge in [-0.2, -0.15) is 5.10 Å². The number of nitrogens with zero attached hydrogens (tertiary/aromatic N) is 1. The van der Waals surface area contributed by atoms with Crippen molar-refractivity contribution in [2.45, 2.75) is 46.1 Å². The Labute approximate surface area is 137 Å². The number of aromatic nitrogens is 2. The fourth-order valence-electron chi connectivity index (χ4n) is 2.60. The van der Waals surface area contributed by atoms with E-state index < -0.39 is 0 Å². The number of aryl methyl sites for hydroxylation is 2. The van der Waals surface area contributed by atoms with Crippen molar-refractivity contribution in [2.75, 3.05) is 12.4 Å². The molecule has 0 radical (unpaired) electrons. The topological polar surface area (TPSA) is 67.0 Å². The van der Waals surface area contributed by atoms with Crippen molar-refractivity contribution in [3.8, 4) is 0 Å². The molecule has 0 fully saturated rings. The predicted octanol–water partition coefficient (Wildman–Crippen LogP) is 3.48. The average molecular weight is 315 g/mol. The van der Waals surface area contributed by atoms with Crippen LogP contribution in [0.5, 0.6) is 0 Å². The van der Waals surface area contributed by atoms with Gasteiger partial charge in [0, 0.05) is 28.9 Å². The van der Waals surface area contributed by atoms with Crippen LogP contribution in [0.1, 0.15) is 42.8 Å². The molecule has 0 spiro atoms.